The second kappa shape index (κ2) is 13.9. The van der Waals surface area contributed by atoms with Crippen LogP contribution in [0.3, 0.4) is 0 Å². The smallest absolute Gasteiger partial charge is 0.134 e. The number of rotatable bonds is 8. The quantitative estimate of drug-likeness (QED) is 0.157. The first-order valence-electron chi connectivity index (χ1n) is 18.7. The summed E-state index contributed by atoms with van der Waals surface area (Å²) in [5.74, 6) is 1.68. The van der Waals surface area contributed by atoms with Crippen molar-refractivity contribution in [2.24, 2.45) is 0 Å². The summed E-state index contributed by atoms with van der Waals surface area (Å²) in [6.45, 7) is 0. The second-order valence-corrected chi connectivity index (χ2v) is 13.8. The molecule has 0 amide bonds. The molecule has 3 nitrogen and oxygen atoms in total. The molecule has 0 fully saturated rings. The van der Waals surface area contributed by atoms with Gasteiger partial charge in [-0.2, -0.15) is 0 Å². The third kappa shape index (κ3) is 6.08. The van der Waals surface area contributed by atoms with Crippen molar-refractivity contribution in [3.05, 3.63) is 218 Å². The van der Waals surface area contributed by atoms with Crippen molar-refractivity contribution in [2.75, 3.05) is 4.90 Å². The predicted molar refractivity (Wildman–Crippen MR) is 229 cm³/mol. The first kappa shape index (κ1) is 32.3. The molecule has 0 unspecified atom stereocenters. The van der Waals surface area contributed by atoms with Gasteiger partial charge in [-0.25, -0.2) is 0 Å². The van der Waals surface area contributed by atoms with Crippen LogP contribution in [-0.2, 0) is 0 Å². The number of benzene rings is 8. The standard InChI is InChI=1S/C52H36N2O/c1-4-12-37(13-5-1)39-20-27-44(28-21-39)53(45-29-22-40(23-30-45)38-14-6-2-7-15-38)46-31-24-41(25-32-46)51-34-35-52(55-51)42-26-33-50-48(36-42)47-18-10-11-19-49(47)54(50)43-16-8-3-9-17-43/h1-36H. The summed E-state index contributed by atoms with van der Waals surface area (Å²) in [6, 6.07) is 77.2. The monoisotopic (exact) mass is 704 g/mol. The molecule has 0 saturated carbocycles. The Hall–Kier alpha value is -7.36. The van der Waals surface area contributed by atoms with E-state index in [0.29, 0.717) is 0 Å². The van der Waals surface area contributed by atoms with E-state index < -0.39 is 0 Å². The molecule has 10 rings (SSSR count). The van der Waals surface area contributed by atoms with Crippen molar-refractivity contribution in [2.45, 2.75) is 0 Å². The van der Waals surface area contributed by atoms with Gasteiger partial charge in [0.2, 0.25) is 0 Å². The number of aromatic nitrogens is 1. The Morgan fingerprint density at radius 1 is 0.309 bits per heavy atom. The molecule has 0 bridgehead atoms. The average molecular weight is 705 g/mol. The Bertz CT molecular complexity index is 2790. The Morgan fingerprint density at radius 2 is 0.727 bits per heavy atom. The molecule has 10 aromatic rings. The molecule has 2 heterocycles. The van der Waals surface area contributed by atoms with Gasteiger partial charge in [-0.05, 0) is 119 Å². The molecule has 0 aliphatic carbocycles. The minimum absolute atomic E-state index is 0.833. The molecule has 0 saturated heterocycles. The molecular formula is C52H36N2O. The van der Waals surface area contributed by atoms with Crippen LogP contribution in [0.1, 0.15) is 0 Å². The summed E-state index contributed by atoms with van der Waals surface area (Å²) < 4.78 is 8.90. The molecule has 3 heteroatoms. The number of fused-ring (bicyclic) bond motifs is 3. The van der Waals surface area contributed by atoms with E-state index in [9.17, 15) is 0 Å². The van der Waals surface area contributed by atoms with Crippen LogP contribution in [0.5, 0.6) is 0 Å². The van der Waals surface area contributed by atoms with Gasteiger partial charge in [0.05, 0.1) is 11.0 Å². The largest absolute Gasteiger partial charge is 0.456 e. The van der Waals surface area contributed by atoms with Gasteiger partial charge in [0.15, 0.2) is 0 Å². The molecule has 0 N–H and O–H groups in total. The minimum Gasteiger partial charge on any atom is -0.456 e. The lowest BCUT2D eigenvalue weighted by molar-refractivity contribution is 0.597. The first-order valence-corrected chi connectivity index (χ1v) is 18.7. The van der Waals surface area contributed by atoms with E-state index in [0.717, 1.165) is 45.4 Å². The lowest BCUT2D eigenvalue weighted by Gasteiger charge is -2.26. The molecule has 8 aromatic carbocycles. The normalized spacial score (nSPS) is 11.3. The SMILES string of the molecule is c1ccc(-c2ccc(N(c3ccc(-c4ccccc4)cc3)c3ccc(-c4ccc(-c5ccc6c(c5)c5ccccc5n6-c5ccccc5)o4)cc3)cc2)cc1. The highest BCUT2D eigenvalue weighted by Gasteiger charge is 2.17. The summed E-state index contributed by atoms with van der Waals surface area (Å²) in [5.41, 5.74) is 13.6. The molecule has 0 aliphatic rings. The third-order valence-electron chi connectivity index (χ3n) is 10.5. The van der Waals surface area contributed by atoms with Crippen LogP contribution in [-0.4, -0.2) is 4.57 Å². The molecule has 0 spiro atoms. The summed E-state index contributed by atoms with van der Waals surface area (Å²) in [7, 11) is 0. The fraction of sp³-hybridized carbons (Fsp3) is 0. The molecule has 2 aromatic heterocycles. The number of hydrogen-bond acceptors (Lipinski definition) is 2. The van der Waals surface area contributed by atoms with Gasteiger partial charge in [0.25, 0.3) is 0 Å². The molecule has 0 atom stereocenters. The summed E-state index contributed by atoms with van der Waals surface area (Å²) in [5, 5.41) is 2.42. The maximum Gasteiger partial charge on any atom is 0.134 e. The van der Waals surface area contributed by atoms with Crippen LogP contribution in [0.2, 0.25) is 0 Å². The van der Waals surface area contributed by atoms with Gasteiger partial charge >= 0.3 is 0 Å². The molecule has 260 valence electrons. The van der Waals surface area contributed by atoms with Gasteiger partial charge in [0, 0.05) is 44.6 Å². The Kier molecular flexibility index (Phi) is 8.16. The van der Waals surface area contributed by atoms with E-state index in [1.54, 1.807) is 0 Å². The average Bonchev–Trinajstić information content (AvgIpc) is 3.89. The number of hydrogen-bond donors (Lipinski definition) is 0. The summed E-state index contributed by atoms with van der Waals surface area (Å²) in [6.07, 6.45) is 0. The molecular weight excluding hydrogens is 669 g/mol. The van der Waals surface area contributed by atoms with Crippen LogP contribution in [0.15, 0.2) is 223 Å². The van der Waals surface area contributed by atoms with Crippen LogP contribution < -0.4 is 4.90 Å². The number of furan rings is 1. The van der Waals surface area contributed by atoms with Crippen LogP contribution in [0, 0.1) is 0 Å². The minimum atomic E-state index is 0.833. The van der Waals surface area contributed by atoms with E-state index in [1.165, 1.54) is 44.1 Å². The zero-order chi connectivity index (χ0) is 36.6. The Labute approximate surface area is 320 Å². The predicted octanol–water partition coefficient (Wildman–Crippen LogP) is 14.5. The topological polar surface area (TPSA) is 21.3 Å². The van der Waals surface area contributed by atoms with Crippen molar-refractivity contribution in [1.82, 2.24) is 4.57 Å². The van der Waals surface area contributed by atoms with Crippen LogP contribution >= 0.6 is 0 Å². The van der Waals surface area contributed by atoms with Crippen LogP contribution in [0.25, 0.3) is 72.4 Å². The summed E-state index contributed by atoms with van der Waals surface area (Å²) in [4.78, 5) is 2.31. The number of anilines is 3. The van der Waals surface area contributed by atoms with E-state index in [-0.39, 0.29) is 0 Å². The van der Waals surface area contributed by atoms with E-state index in [1.807, 2.05) is 0 Å². The maximum atomic E-state index is 6.57. The zero-order valence-electron chi connectivity index (χ0n) is 30.1. The number of para-hydroxylation sites is 2. The highest BCUT2D eigenvalue weighted by Crippen LogP contribution is 2.39. The Balaban J connectivity index is 0.979. The van der Waals surface area contributed by atoms with Crippen molar-refractivity contribution in [3.63, 3.8) is 0 Å². The van der Waals surface area contributed by atoms with Crippen molar-refractivity contribution >= 4 is 38.9 Å². The van der Waals surface area contributed by atoms with Gasteiger partial charge in [-0.1, -0.05) is 121 Å². The van der Waals surface area contributed by atoms with Gasteiger partial charge in [0.1, 0.15) is 11.5 Å². The van der Waals surface area contributed by atoms with Gasteiger partial charge in [-0.3, -0.25) is 0 Å². The van der Waals surface area contributed by atoms with Crippen molar-refractivity contribution < 1.29 is 4.42 Å². The fourth-order valence-electron chi connectivity index (χ4n) is 7.72. The van der Waals surface area contributed by atoms with Gasteiger partial charge < -0.3 is 13.9 Å². The molecule has 0 aliphatic heterocycles. The maximum absolute atomic E-state index is 6.57. The zero-order valence-corrected chi connectivity index (χ0v) is 30.1. The van der Waals surface area contributed by atoms with Crippen molar-refractivity contribution in [3.8, 4) is 50.6 Å². The third-order valence-corrected chi connectivity index (χ3v) is 10.5. The second-order valence-electron chi connectivity index (χ2n) is 13.8. The summed E-state index contributed by atoms with van der Waals surface area (Å²) >= 11 is 0. The van der Waals surface area contributed by atoms with Crippen LogP contribution in [0.4, 0.5) is 17.1 Å². The van der Waals surface area contributed by atoms with Crippen molar-refractivity contribution in [1.29, 1.82) is 0 Å². The van der Waals surface area contributed by atoms with E-state index >= 15 is 0 Å². The highest BCUT2D eigenvalue weighted by molar-refractivity contribution is 6.10. The number of nitrogens with zero attached hydrogens (tertiary/aromatic N) is 2. The van der Waals surface area contributed by atoms with E-state index in [4.69, 9.17) is 4.42 Å². The fourth-order valence-corrected chi connectivity index (χ4v) is 7.72. The van der Waals surface area contributed by atoms with Gasteiger partial charge in [-0.15, -0.1) is 0 Å². The lowest BCUT2D eigenvalue weighted by atomic mass is 10.0. The highest BCUT2D eigenvalue weighted by atomic mass is 16.3. The molecule has 0 radical (unpaired) electrons. The lowest BCUT2D eigenvalue weighted by Crippen LogP contribution is -2.09. The Morgan fingerprint density at radius 3 is 1.29 bits per heavy atom. The first-order chi connectivity index (χ1) is 27.3. The molecule has 55 heavy (non-hydrogen) atoms. The van der Waals surface area contributed by atoms with E-state index in [2.05, 4.69) is 228 Å².